The molecule has 0 saturated heterocycles. The van der Waals surface area contributed by atoms with E-state index in [0.717, 1.165) is 10.9 Å². The van der Waals surface area contributed by atoms with Crippen LogP contribution in [0.1, 0.15) is 37.7 Å². The van der Waals surface area contributed by atoms with Crippen molar-refractivity contribution in [1.82, 2.24) is 0 Å². The van der Waals surface area contributed by atoms with Crippen molar-refractivity contribution < 1.29 is 4.39 Å². The zero-order valence-corrected chi connectivity index (χ0v) is 13.4. The van der Waals surface area contributed by atoms with E-state index >= 15 is 0 Å². The molecule has 0 unspecified atom stereocenters. The molecule has 98 valence electrons. The third kappa shape index (κ3) is 3.67. The fourth-order valence-electron chi connectivity index (χ4n) is 2.56. The minimum Gasteiger partial charge on any atom is -0.206 e. The minimum atomic E-state index is -0.193. The quantitative estimate of drug-likeness (QED) is 0.573. The Hall–Kier alpha value is -0.150. The van der Waals surface area contributed by atoms with Gasteiger partial charge in [-0.3, -0.25) is 0 Å². The second kappa shape index (κ2) is 6.85. The van der Waals surface area contributed by atoms with Crippen LogP contribution in [0.5, 0.6) is 0 Å². The van der Waals surface area contributed by atoms with Crippen LogP contribution in [0.4, 0.5) is 4.39 Å². The van der Waals surface area contributed by atoms with Crippen LogP contribution in [-0.4, -0.2) is 5.33 Å². The Labute approximate surface area is 125 Å². The van der Waals surface area contributed by atoms with E-state index in [9.17, 15) is 4.39 Å². The van der Waals surface area contributed by atoms with E-state index in [1.165, 1.54) is 37.7 Å². The normalized spacial score (nSPS) is 18.1. The van der Waals surface area contributed by atoms with Crippen LogP contribution < -0.4 is 0 Å². The summed E-state index contributed by atoms with van der Waals surface area (Å²) < 4.78 is 14.0. The van der Waals surface area contributed by atoms with Gasteiger partial charge in [-0.05, 0) is 52.4 Å². The maximum atomic E-state index is 13.5. The van der Waals surface area contributed by atoms with Crippen LogP contribution >= 0.6 is 31.9 Å². The first-order valence-electron chi connectivity index (χ1n) is 6.42. The third-order valence-electron chi connectivity index (χ3n) is 3.58. The average Bonchev–Trinajstić information content (AvgIpc) is 2.41. The van der Waals surface area contributed by atoms with Crippen molar-refractivity contribution in [2.75, 3.05) is 5.33 Å². The second-order valence-corrected chi connectivity index (χ2v) is 6.28. The second-order valence-electron chi connectivity index (χ2n) is 4.86. The van der Waals surface area contributed by atoms with E-state index in [1.807, 2.05) is 6.07 Å². The molecule has 18 heavy (non-hydrogen) atoms. The summed E-state index contributed by atoms with van der Waals surface area (Å²) >= 11 is 6.75. The van der Waals surface area contributed by atoms with Gasteiger partial charge in [0.1, 0.15) is 5.82 Å². The van der Waals surface area contributed by atoms with Crippen LogP contribution in [0.2, 0.25) is 0 Å². The highest BCUT2D eigenvalue weighted by atomic mass is 79.9. The topological polar surface area (TPSA) is 0 Å². The number of alkyl halides is 1. The van der Waals surface area contributed by atoms with Gasteiger partial charge < -0.3 is 0 Å². The highest BCUT2D eigenvalue weighted by molar-refractivity contribution is 9.10. The Kier molecular flexibility index (Phi) is 5.43. The van der Waals surface area contributed by atoms with Crippen molar-refractivity contribution >= 4 is 37.9 Å². The molecule has 0 radical (unpaired) electrons. The molecule has 0 spiro atoms. The van der Waals surface area contributed by atoms with Gasteiger partial charge in [-0.15, -0.1) is 0 Å². The number of rotatable bonds is 3. The molecule has 0 nitrogen and oxygen atoms in total. The van der Waals surface area contributed by atoms with Gasteiger partial charge in [-0.2, -0.15) is 0 Å². The summed E-state index contributed by atoms with van der Waals surface area (Å²) in [4.78, 5) is 0. The van der Waals surface area contributed by atoms with Gasteiger partial charge in [-0.25, -0.2) is 4.39 Å². The average molecular weight is 376 g/mol. The zero-order chi connectivity index (χ0) is 13.0. The number of benzene rings is 1. The predicted octanol–water partition coefficient (Wildman–Crippen LogP) is 5.95. The summed E-state index contributed by atoms with van der Waals surface area (Å²) in [6.07, 6.45) is 8.69. The maximum Gasteiger partial charge on any atom is 0.137 e. The molecule has 1 saturated carbocycles. The summed E-state index contributed by atoms with van der Waals surface area (Å²) in [6.45, 7) is 0. The molecular formula is C15H17Br2F. The monoisotopic (exact) mass is 374 g/mol. The first-order valence-corrected chi connectivity index (χ1v) is 8.33. The van der Waals surface area contributed by atoms with Crippen molar-refractivity contribution in [2.45, 2.75) is 32.1 Å². The zero-order valence-electron chi connectivity index (χ0n) is 10.3. The fourth-order valence-corrected chi connectivity index (χ4v) is 3.42. The summed E-state index contributed by atoms with van der Waals surface area (Å²) in [5, 5.41) is 0.884. The lowest BCUT2D eigenvalue weighted by Crippen LogP contribution is -2.10. The van der Waals surface area contributed by atoms with Crippen LogP contribution in [0.25, 0.3) is 6.08 Å². The maximum absolute atomic E-state index is 13.5. The molecule has 0 heterocycles. The first kappa shape index (κ1) is 14.3. The molecule has 0 aromatic heterocycles. The highest BCUT2D eigenvalue weighted by Gasteiger charge is 2.17. The van der Waals surface area contributed by atoms with Crippen molar-refractivity contribution in [1.29, 1.82) is 0 Å². The molecule has 1 aromatic rings. The summed E-state index contributed by atoms with van der Waals surface area (Å²) in [6, 6.07) is 5.32. The molecule has 0 amide bonds. The molecule has 3 heteroatoms. The molecule has 0 aliphatic heterocycles. The Morgan fingerprint density at radius 1 is 1.28 bits per heavy atom. The lowest BCUT2D eigenvalue weighted by Gasteiger charge is -2.23. The molecule has 1 aliphatic carbocycles. The number of hydrogen-bond acceptors (Lipinski definition) is 0. The SMILES string of the molecule is Fc1cc(/C=C(/CBr)C2CCCCC2)ccc1Br. The molecule has 0 bridgehead atoms. The largest absolute Gasteiger partial charge is 0.206 e. The van der Waals surface area contributed by atoms with Gasteiger partial charge in [0, 0.05) is 5.33 Å². The number of halogens is 3. The van der Waals surface area contributed by atoms with Gasteiger partial charge in [-0.1, -0.05) is 52.9 Å². The molecular weight excluding hydrogens is 359 g/mol. The summed E-state index contributed by atoms with van der Waals surface area (Å²) in [5.74, 6) is 0.478. The van der Waals surface area contributed by atoms with E-state index in [-0.39, 0.29) is 5.82 Å². The van der Waals surface area contributed by atoms with Crippen LogP contribution in [0.15, 0.2) is 28.2 Å². The Balaban J connectivity index is 2.19. The first-order chi connectivity index (χ1) is 8.70. The van der Waals surface area contributed by atoms with Gasteiger partial charge >= 0.3 is 0 Å². The molecule has 0 N–H and O–H groups in total. The van der Waals surface area contributed by atoms with Gasteiger partial charge in [0.25, 0.3) is 0 Å². The van der Waals surface area contributed by atoms with Crippen molar-refractivity contribution in [3.8, 4) is 0 Å². The van der Waals surface area contributed by atoms with E-state index in [2.05, 4.69) is 37.9 Å². The van der Waals surface area contributed by atoms with Crippen LogP contribution in [0.3, 0.4) is 0 Å². The summed E-state index contributed by atoms with van der Waals surface area (Å²) in [5.41, 5.74) is 2.35. The molecule has 2 rings (SSSR count). The Morgan fingerprint density at radius 3 is 2.61 bits per heavy atom. The highest BCUT2D eigenvalue weighted by Crippen LogP contribution is 2.32. The van der Waals surface area contributed by atoms with Crippen molar-refractivity contribution in [3.63, 3.8) is 0 Å². The standard InChI is InChI=1S/C15H17Br2F/c16-10-13(12-4-2-1-3-5-12)8-11-6-7-14(17)15(18)9-11/h6-9,12H,1-5,10H2/b13-8-. The van der Waals surface area contributed by atoms with Crippen LogP contribution in [0, 0.1) is 11.7 Å². The predicted molar refractivity (Wildman–Crippen MR) is 82.4 cm³/mol. The van der Waals surface area contributed by atoms with Crippen LogP contribution in [-0.2, 0) is 0 Å². The number of allylic oxidation sites excluding steroid dienone is 1. The number of hydrogen-bond donors (Lipinski definition) is 0. The fraction of sp³-hybridized carbons (Fsp3) is 0.467. The van der Waals surface area contributed by atoms with Crippen molar-refractivity contribution in [2.24, 2.45) is 5.92 Å². The van der Waals surface area contributed by atoms with E-state index in [1.54, 1.807) is 12.1 Å². The lowest BCUT2D eigenvalue weighted by atomic mass is 9.84. The molecule has 1 aromatic carbocycles. The summed E-state index contributed by atoms with van der Waals surface area (Å²) in [7, 11) is 0. The van der Waals surface area contributed by atoms with E-state index in [4.69, 9.17) is 0 Å². The van der Waals surface area contributed by atoms with Gasteiger partial charge in [0.05, 0.1) is 4.47 Å². The third-order valence-corrected chi connectivity index (χ3v) is 4.87. The Morgan fingerprint density at radius 2 is 2.00 bits per heavy atom. The smallest absolute Gasteiger partial charge is 0.137 e. The van der Waals surface area contributed by atoms with Crippen molar-refractivity contribution in [3.05, 3.63) is 39.6 Å². The van der Waals surface area contributed by atoms with E-state index in [0.29, 0.717) is 10.4 Å². The van der Waals surface area contributed by atoms with Gasteiger partial charge in [0.2, 0.25) is 0 Å². The minimum absolute atomic E-state index is 0.193. The van der Waals surface area contributed by atoms with E-state index < -0.39 is 0 Å². The lowest BCUT2D eigenvalue weighted by molar-refractivity contribution is 0.405. The van der Waals surface area contributed by atoms with Gasteiger partial charge in [0.15, 0.2) is 0 Å². The Bertz CT molecular complexity index is 434. The molecule has 1 fully saturated rings. The molecule has 0 atom stereocenters. The molecule has 1 aliphatic rings.